The summed E-state index contributed by atoms with van der Waals surface area (Å²) in [4.78, 5) is 34.6. The van der Waals surface area contributed by atoms with Crippen LogP contribution in [0.5, 0.6) is 0 Å². The van der Waals surface area contributed by atoms with Gasteiger partial charge in [-0.1, -0.05) is 20.3 Å². The van der Waals surface area contributed by atoms with Crippen molar-refractivity contribution in [3.05, 3.63) is 0 Å². The summed E-state index contributed by atoms with van der Waals surface area (Å²) in [5, 5.41) is 11.1. The number of nitrogens with one attached hydrogen (secondary N) is 1. The quantitative estimate of drug-likeness (QED) is 0.597. The highest BCUT2D eigenvalue weighted by atomic mass is 16.4. The van der Waals surface area contributed by atoms with Gasteiger partial charge in [-0.25, -0.2) is 9.59 Å². The summed E-state index contributed by atoms with van der Waals surface area (Å²) in [6.45, 7) is 4.51. The number of carboxylic acid groups (broad SMARTS) is 1. The van der Waals surface area contributed by atoms with Crippen molar-refractivity contribution in [1.82, 2.24) is 10.2 Å². The Morgan fingerprint density at radius 1 is 1.39 bits per heavy atom. The fourth-order valence-electron chi connectivity index (χ4n) is 1.34. The van der Waals surface area contributed by atoms with E-state index < -0.39 is 30.4 Å². The molecule has 0 radical (unpaired) electrons. The Balaban J connectivity index is 4.41. The van der Waals surface area contributed by atoms with Crippen LogP contribution in [0.3, 0.4) is 0 Å². The maximum Gasteiger partial charge on any atom is 0.326 e. The number of carbonyl (C=O) groups is 3. The molecule has 0 bridgehead atoms. The van der Waals surface area contributed by atoms with Gasteiger partial charge in [0, 0.05) is 13.6 Å². The van der Waals surface area contributed by atoms with E-state index in [0.29, 0.717) is 12.5 Å². The van der Waals surface area contributed by atoms with E-state index in [9.17, 15) is 14.4 Å². The van der Waals surface area contributed by atoms with Crippen LogP contribution in [0, 0.1) is 5.92 Å². The van der Waals surface area contributed by atoms with Crippen molar-refractivity contribution < 1.29 is 19.5 Å². The molecule has 0 saturated carbocycles. The molecule has 0 aliphatic heterocycles. The SMILES string of the molecule is CCC(C)CN(C)C(=O)N[C@H](CC(N)=O)C(=O)O. The molecule has 18 heavy (non-hydrogen) atoms. The lowest BCUT2D eigenvalue weighted by atomic mass is 10.1. The molecular formula is C11H21N3O4. The highest BCUT2D eigenvalue weighted by molar-refractivity contribution is 5.87. The zero-order chi connectivity index (χ0) is 14.3. The Bertz CT molecular complexity index is 319. The highest BCUT2D eigenvalue weighted by Gasteiger charge is 2.23. The number of hydrogen-bond donors (Lipinski definition) is 3. The van der Waals surface area contributed by atoms with Gasteiger partial charge >= 0.3 is 12.0 Å². The lowest BCUT2D eigenvalue weighted by Crippen LogP contribution is -2.48. The number of hydrogen-bond acceptors (Lipinski definition) is 3. The molecule has 7 heteroatoms. The summed E-state index contributed by atoms with van der Waals surface area (Å²) in [5.41, 5.74) is 4.92. The van der Waals surface area contributed by atoms with Gasteiger partial charge < -0.3 is 21.1 Å². The summed E-state index contributed by atoms with van der Waals surface area (Å²) in [7, 11) is 1.57. The minimum Gasteiger partial charge on any atom is -0.480 e. The number of carboxylic acids is 1. The number of nitrogens with two attached hydrogens (primary N) is 1. The summed E-state index contributed by atoms with van der Waals surface area (Å²) < 4.78 is 0. The van der Waals surface area contributed by atoms with Crippen LogP contribution in [0.4, 0.5) is 4.79 Å². The van der Waals surface area contributed by atoms with Crippen molar-refractivity contribution in [3.63, 3.8) is 0 Å². The Kier molecular flexibility index (Phi) is 6.77. The van der Waals surface area contributed by atoms with Gasteiger partial charge in [0.05, 0.1) is 6.42 Å². The average molecular weight is 259 g/mol. The molecule has 0 aliphatic rings. The second-order valence-electron chi connectivity index (χ2n) is 4.40. The number of urea groups is 1. The van der Waals surface area contributed by atoms with Gasteiger partial charge in [0.25, 0.3) is 0 Å². The van der Waals surface area contributed by atoms with E-state index in [1.165, 1.54) is 4.90 Å². The molecule has 0 rings (SSSR count). The normalized spacial score (nSPS) is 13.5. The zero-order valence-electron chi connectivity index (χ0n) is 11.0. The Hall–Kier alpha value is -1.79. The van der Waals surface area contributed by atoms with E-state index in [0.717, 1.165) is 6.42 Å². The van der Waals surface area contributed by atoms with E-state index in [1.54, 1.807) is 7.05 Å². The topological polar surface area (TPSA) is 113 Å². The van der Waals surface area contributed by atoms with Crippen LogP contribution in [0.25, 0.3) is 0 Å². The van der Waals surface area contributed by atoms with E-state index in [-0.39, 0.29) is 0 Å². The van der Waals surface area contributed by atoms with Crippen LogP contribution in [0.2, 0.25) is 0 Å². The third-order valence-electron chi connectivity index (χ3n) is 2.63. The molecule has 0 heterocycles. The van der Waals surface area contributed by atoms with Gasteiger partial charge in [-0.15, -0.1) is 0 Å². The standard InChI is InChI=1S/C11H21N3O4/c1-4-7(2)6-14(3)11(18)13-8(10(16)17)5-9(12)15/h7-8H,4-6H2,1-3H3,(H2,12,15)(H,13,18)(H,16,17)/t7?,8-/m1/s1. The molecule has 0 fully saturated rings. The van der Waals surface area contributed by atoms with Crippen molar-refractivity contribution in [2.45, 2.75) is 32.7 Å². The Morgan fingerprint density at radius 2 is 1.94 bits per heavy atom. The van der Waals surface area contributed by atoms with Gasteiger partial charge in [-0.2, -0.15) is 0 Å². The molecule has 0 spiro atoms. The highest BCUT2D eigenvalue weighted by Crippen LogP contribution is 2.03. The lowest BCUT2D eigenvalue weighted by molar-refractivity contribution is -0.140. The van der Waals surface area contributed by atoms with Gasteiger partial charge in [0.2, 0.25) is 5.91 Å². The molecule has 0 saturated heterocycles. The molecule has 0 aliphatic carbocycles. The first kappa shape index (κ1) is 16.2. The van der Waals surface area contributed by atoms with Gasteiger partial charge in [0.15, 0.2) is 0 Å². The maximum atomic E-state index is 11.7. The van der Waals surface area contributed by atoms with Crippen LogP contribution in [-0.2, 0) is 9.59 Å². The number of nitrogens with zero attached hydrogens (tertiary/aromatic N) is 1. The van der Waals surface area contributed by atoms with Crippen LogP contribution in [0.15, 0.2) is 0 Å². The summed E-state index contributed by atoms with van der Waals surface area (Å²) in [6, 6.07) is -1.81. The zero-order valence-corrected chi connectivity index (χ0v) is 11.0. The number of rotatable bonds is 7. The van der Waals surface area contributed by atoms with Gasteiger partial charge in [0.1, 0.15) is 6.04 Å². The van der Waals surface area contributed by atoms with Crippen molar-refractivity contribution in [3.8, 4) is 0 Å². The van der Waals surface area contributed by atoms with Crippen LogP contribution >= 0.6 is 0 Å². The second-order valence-corrected chi connectivity index (χ2v) is 4.40. The maximum absolute atomic E-state index is 11.7. The molecule has 3 amide bonds. The molecule has 0 aromatic heterocycles. The first-order valence-electron chi connectivity index (χ1n) is 5.80. The summed E-state index contributed by atoms with van der Waals surface area (Å²) >= 11 is 0. The minimum atomic E-state index is -1.28. The van der Waals surface area contributed by atoms with Crippen LogP contribution in [-0.4, -0.2) is 47.5 Å². The van der Waals surface area contributed by atoms with Crippen molar-refractivity contribution in [2.75, 3.05) is 13.6 Å². The second kappa shape index (κ2) is 7.52. The smallest absolute Gasteiger partial charge is 0.326 e. The number of amides is 3. The first-order valence-corrected chi connectivity index (χ1v) is 5.80. The predicted molar refractivity (Wildman–Crippen MR) is 65.9 cm³/mol. The van der Waals surface area contributed by atoms with E-state index in [4.69, 9.17) is 10.8 Å². The average Bonchev–Trinajstić information content (AvgIpc) is 2.26. The third-order valence-corrected chi connectivity index (χ3v) is 2.63. The Morgan fingerprint density at radius 3 is 2.33 bits per heavy atom. The fourth-order valence-corrected chi connectivity index (χ4v) is 1.34. The van der Waals surface area contributed by atoms with Crippen LogP contribution < -0.4 is 11.1 Å². The number of carbonyl (C=O) groups excluding carboxylic acids is 2. The molecule has 104 valence electrons. The Labute approximate surface area is 106 Å². The molecule has 0 aromatic rings. The lowest BCUT2D eigenvalue weighted by Gasteiger charge is -2.23. The van der Waals surface area contributed by atoms with E-state index >= 15 is 0 Å². The first-order chi connectivity index (χ1) is 8.27. The molecule has 1 unspecified atom stereocenters. The van der Waals surface area contributed by atoms with Crippen molar-refractivity contribution in [1.29, 1.82) is 0 Å². The van der Waals surface area contributed by atoms with Crippen molar-refractivity contribution in [2.24, 2.45) is 11.7 Å². The minimum absolute atomic E-state index is 0.320. The third kappa shape index (κ3) is 6.07. The predicted octanol–water partition coefficient (Wildman–Crippen LogP) is 0.00250. The fraction of sp³-hybridized carbons (Fsp3) is 0.727. The number of primary amides is 1. The van der Waals surface area contributed by atoms with E-state index in [2.05, 4.69) is 5.32 Å². The van der Waals surface area contributed by atoms with Crippen molar-refractivity contribution >= 4 is 17.9 Å². The molecule has 4 N–H and O–H groups in total. The largest absolute Gasteiger partial charge is 0.480 e. The monoisotopic (exact) mass is 259 g/mol. The van der Waals surface area contributed by atoms with E-state index in [1.807, 2.05) is 13.8 Å². The summed E-state index contributed by atoms with van der Waals surface area (Å²) in [5.74, 6) is -1.73. The molecule has 0 aromatic carbocycles. The molecule has 7 nitrogen and oxygen atoms in total. The molecular weight excluding hydrogens is 238 g/mol. The molecule has 2 atom stereocenters. The van der Waals surface area contributed by atoms with Crippen LogP contribution in [0.1, 0.15) is 26.7 Å². The van der Waals surface area contributed by atoms with Gasteiger partial charge in [-0.05, 0) is 5.92 Å². The summed E-state index contributed by atoms with van der Waals surface area (Å²) in [6.07, 6.45) is 0.500. The van der Waals surface area contributed by atoms with Gasteiger partial charge in [-0.3, -0.25) is 4.79 Å². The number of aliphatic carboxylic acids is 1.